The monoisotopic (exact) mass is 367 g/mol. The van der Waals surface area contributed by atoms with E-state index in [9.17, 15) is 24.6 Å². The number of ether oxygens (including phenoxy) is 1. The molecule has 1 saturated carbocycles. The van der Waals surface area contributed by atoms with E-state index in [1.807, 2.05) is 0 Å². The average molecular weight is 367 g/mol. The lowest BCUT2D eigenvalue weighted by atomic mass is 9.85. The number of amides is 1. The van der Waals surface area contributed by atoms with Gasteiger partial charge >= 0.3 is 5.69 Å². The molecule has 1 saturated heterocycles. The molecule has 0 radical (unpaired) electrons. The van der Waals surface area contributed by atoms with Crippen molar-refractivity contribution in [1.82, 2.24) is 14.9 Å². The molecule has 1 aromatic heterocycles. The van der Waals surface area contributed by atoms with Gasteiger partial charge in [0.2, 0.25) is 5.91 Å². The van der Waals surface area contributed by atoms with E-state index in [4.69, 9.17) is 4.74 Å². The lowest BCUT2D eigenvalue weighted by Gasteiger charge is -2.39. The second-order valence-corrected chi connectivity index (χ2v) is 7.11. The van der Waals surface area contributed by atoms with E-state index >= 15 is 0 Å². The summed E-state index contributed by atoms with van der Waals surface area (Å²) in [5, 5.41) is 23.8. The second kappa shape index (κ2) is 7.73. The molecule has 1 aliphatic carbocycles. The number of nitrogens with zero attached hydrogens (tertiary/aromatic N) is 1. The van der Waals surface area contributed by atoms with Crippen LogP contribution in [0.3, 0.4) is 0 Å². The first-order valence-electron chi connectivity index (χ1n) is 8.95. The summed E-state index contributed by atoms with van der Waals surface area (Å²) >= 11 is 0. The Morgan fingerprint density at radius 2 is 1.88 bits per heavy atom. The van der Waals surface area contributed by atoms with Gasteiger partial charge in [0.1, 0.15) is 12.2 Å². The van der Waals surface area contributed by atoms with Crippen LogP contribution in [0, 0.1) is 12.8 Å². The van der Waals surface area contributed by atoms with E-state index in [0.29, 0.717) is 44.5 Å². The zero-order valence-corrected chi connectivity index (χ0v) is 14.7. The summed E-state index contributed by atoms with van der Waals surface area (Å²) in [6.45, 7) is 2.66. The molecule has 0 aromatic carbocycles. The standard InChI is InChI=1S/C17H25N3O6/c1-9-8-20(17(25)19-15(9)23)12-3-2-11(13(21)14(12)22)18-16(24)10-4-6-26-7-5-10/h8,10-14,21-22H,2-7H2,1H3,(H,18,24)(H,19,23,25)/t11-,12-,13-,14-/m1/s1. The van der Waals surface area contributed by atoms with Crippen molar-refractivity contribution < 1.29 is 19.7 Å². The Hall–Kier alpha value is -1.97. The number of hydrogen-bond acceptors (Lipinski definition) is 6. The Bertz CT molecular complexity index is 766. The van der Waals surface area contributed by atoms with Crippen molar-refractivity contribution in [3.05, 3.63) is 32.6 Å². The minimum Gasteiger partial charge on any atom is -0.388 e. The SMILES string of the molecule is Cc1cn([C@@H]2CC[C@@H](NC(=O)C3CCOCC3)[C@@H](O)[C@@H]2O)c(=O)[nH]c1=O. The van der Waals surface area contributed by atoms with Crippen molar-refractivity contribution in [2.75, 3.05) is 13.2 Å². The Morgan fingerprint density at radius 1 is 1.19 bits per heavy atom. The number of aromatic amines is 1. The predicted octanol–water partition coefficient (Wildman–Crippen LogP) is -1.19. The van der Waals surface area contributed by atoms with Crippen molar-refractivity contribution in [1.29, 1.82) is 0 Å². The smallest absolute Gasteiger partial charge is 0.328 e. The Morgan fingerprint density at radius 3 is 2.58 bits per heavy atom. The third kappa shape index (κ3) is 3.74. The molecule has 2 fully saturated rings. The highest BCUT2D eigenvalue weighted by molar-refractivity contribution is 5.79. The topological polar surface area (TPSA) is 134 Å². The van der Waals surface area contributed by atoms with E-state index in [1.54, 1.807) is 6.92 Å². The van der Waals surface area contributed by atoms with E-state index in [-0.39, 0.29) is 11.8 Å². The van der Waals surface area contributed by atoms with Crippen LogP contribution in [0.2, 0.25) is 0 Å². The highest BCUT2D eigenvalue weighted by atomic mass is 16.5. The minimum atomic E-state index is -1.23. The normalized spacial score (nSPS) is 30.1. The van der Waals surface area contributed by atoms with Gasteiger partial charge in [0.15, 0.2) is 0 Å². The molecule has 9 nitrogen and oxygen atoms in total. The van der Waals surface area contributed by atoms with Crippen LogP contribution in [-0.4, -0.2) is 57.1 Å². The molecule has 26 heavy (non-hydrogen) atoms. The van der Waals surface area contributed by atoms with E-state index in [1.165, 1.54) is 10.8 Å². The zero-order valence-electron chi connectivity index (χ0n) is 14.7. The minimum absolute atomic E-state index is 0.139. The second-order valence-electron chi connectivity index (χ2n) is 7.11. The van der Waals surface area contributed by atoms with Crippen LogP contribution < -0.4 is 16.6 Å². The van der Waals surface area contributed by atoms with Crippen LogP contribution in [0.25, 0.3) is 0 Å². The quantitative estimate of drug-likeness (QED) is 0.531. The Labute approximate surface area is 150 Å². The van der Waals surface area contributed by atoms with Crippen LogP contribution in [0.1, 0.15) is 37.3 Å². The van der Waals surface area contributed by atoms with Gasteiger partial charge in [-0.1, -0.05) is 0 Å². The maximum absolute atomic E-state index is 12.4. The number of aliphatic hydroxyl groups excluding tert-OH is 2. The van der Waals surface area contributed by atoms with Crippen molar-refractivity contribution in [3.8, 4) is 0 Å². The Balaban J connectivity index is 1.69. The van der Waals surface area contributed by atoms with Gasteiger partial charge < -0.3 is 20.3 Å². The largest absolute Gasteiger partial charge is 0.388 e. The molecule has 0 bridgehead atoms. The average Bonchev–Trinajstić information content (AvgIpc) is 2.63. The zero-order chi connectivity index (χ0) is 18.8. The van der Waals surface area contributed by atoms with Crippen LogP contribution in [-0.2, 0) is 9.53 Å². The van der Waals surface area contributed by atoms with Crippen molar-refractivity contribution in [2.24, 2.45) is 5.92 Å². The third-order valence-electron chi connectivity index (χ3n) is 5.35. The summed E-state index contributed by atoms with van der Waals surface area (Å²) in [6.07, 6.45) is 1.06. The molecule has 1 amide bonds. The van der Waals surface area contributed by atoms with Gasteiger partial charge in [-0.25, -0.2) is 4.79 Å². The first-order chi connectivity index (χ1) is 12.4. The molecule has 4 atom stereocenters. The number of aliphatic hydroxyl groups is 2. The Kier molecular flexibility index (Phi) is 5.59. The van der Waals surface area contributed by atoms with Gasteiger partial charge in [-0.05, 0) is 32.6 Å². The summed E-state index contributed by atoms with van der Waals surface area (Å²) in [4.78, 5) is 38.1. The van der Waals surface area contributed by atoms with Crippen LogP contribution in [0.5, 0.6) is 0 Å². The maximum atomic E-state index is 12.4. The van der Waals surface area contributed by atoms with Gasteiger partial charge in [0.05, 0.1) is 12.1 Å². The number of carbonyl (C=O) groups is 1. The van der Waals surface area contributed by atoms with E-state index in [2.05, 4.69) is 10.3 Å². The lowest BCUT2D eigenvalue weighted by Crippen LogP contribution is -2.56. The lowest BCUT2D eigenvalue weighted by molar-refractivity contribution is -0.132. The number of nitrogens with one attached hydrogen (secondary N) is 2. The van der Waals surface area contributed by atoms with E-state index < -0.39 is 35.5 Å². The fourth-order valence-corrected chi connectivity index (χ4v) is 3.71. The van der Waals surface area contributed by atoms with Gasteiger partial charge in [-0.3, -0.25) is 19.1 Å². The van der Waals surface area contributed by atoms with Gasteiger partial charge in [0.25, 0.3) is 5.56 Å². The van der Waals surface area contributed by atoms with Gasteiger partial charge in [0, 0.05) is 30.9 Å². The van der Waals surface area contributed by atoms with Gasteiger partial charge in [-0.2, -0.15) is 0 Å². The molecule has 1 aliphatic heterocycles. The molecule has 2 heterocycles. The molecule has 144 valence electrons. The fourth-order valence-electron chi connectivity index (χ4n) is 3.71. The molecule has 9 heteroatoms. The van der Waals surface area contributed by atoms with Crippen LogP contribution in [0.15, 0.2) is 15.8 Å². The highest BCUT2D eigenvalue weighted by Crippen LogP contribution is 2.29. The summed E-state index contributed by atoms with van der Waals surface area (Å²) in [5.74, 6) is -0.282. The van der Waals surface area contributed by atoms with E-state index in [0.717, 1.165) is 0 Å². The molecule has 0 spiro atoms. The molecule has 1 aromatic rings. The molecule has 4 N–H and O–H groups in total. The van der Waals surface area contributed by atoms with Crippen LogP contribution in [0.4, 0.5) is 0 Å². The molecule has 3 rings (SSSR count). The number of hydrogen-bond donors (Lipinski definition) is 4. The molecule has 0 unspecified atom stereocenters. The summed E-state index contributed by atoms with van der Waals surface area (Å²) < 4.78 is 6.49. The fraction of sp³-hybridized carbons (Fsp3) is 0.706. The highest BCUT2D eigenvalue weighted by Gasteiger charge is 2.40. The summed E-state index contributed by atoms with van der Waals surface area (Å²) in [7, 11) is 0. The molecule has 2 aliphatic rings. The van der Waals surface area contributed by atoms with Crippen LogP contribution >= 0.6 is 0 Å². The number of carbonyl (C=O) groups excluding carboxylic acids is 1. The number of aryl methyl sites for hydroxylation is 1. The van der Waals surface area contributed by atoms with Crippen molar-refractivity contribution in [2.45, 2.75) is 56.9 Å². The predicted molar refractivity (Wildman–Crippen MR) is 91.8 cm³/mol. The summed E-state index contributed by atoms with van der Waals surface area (Å²) in [6, 6.07) is -1.24. The molecular formula is C17H25N3O6. The van der Waals surface area contributed by atoms with Gasteiger partial charge in [-0.15, -0.1) is 0 Å². The molecular weight excluding hydrogens is 342 g/mol. The number of rotatable bonds is 3. The number of aromatic nitrogens is 2. The first kappa shape index (κ1) is 18.8. The first-order valence-corrected chi connectivity index (χ1v) is 8.95. The van der Waals surface area contributed by atoms with Crippen molar-refractivity contribution in [3.63, 3.8) is 0 Å². The summed E-state index contributed by atoms with van der Waals surface area (Å²) in [5.41, 5.74) is -0.749. The number of H-pyrrole nitrogens is 1. The maximum Gasteiger partial charge on any atom is 0.328 e. The third-order valence-corrected chi connectivity index (χ3v) is 5.35. The van der Waals surface area contributed by atoms with Crippen molar-refractivity contribution >= 4 is 5.91 Å².